The van der Waals surface area contributed by atoms with Crippen molar-refractivity contribution in [2.45, 2.75) is 27.0 Å². The molecule has 0 spiro atoms. The molecule has 1 aromatic heterocycles. The number of fused-ring (bicyclic) bond motifs is 1. The second kappa shape index (κ2) is 10.6. The summed E-state index contributed by atoms with van der Waals surface area (Å²) in [5.41, 5.74) is 3.01. The number of hydrogen-bond acceptors (Lipinski definition) is 7. The van der Waals surface area contributed by atoms with Crippen molar-refractivity contribution in [3.8, 4) is 34.4 Å². The van der Waals surface area contributed by atoms with Gasteiger partial charge in [-0.2, -0.15) is 0 Å². The van der Waals surface area contributed by atoms with Crippen molar-refractivity contribution in [2.24, 2.45) is 0 Å². The Morgan fingerprint density at radius 2 is 1.57 bits per heavy atom. The highest BCUT2D eigenvalue weighted by Gasteiger charge is 2.17. The fraction of sp³-hybridized carbons (Fsp3) is 0.250. The fourth-order valence-corrected chi connectivity index (χ4v) is 4.12. The Hall–Kier alpha value is -4.53. The second-order valence-electron chi connectivity index (χ2n) is 8.54. The number of nitrogens with zero attached hydrogens (tertiary/aromatic N) is 1. The fourth-order valence-electron chi connectivity index (χ4n) is 4.12. The summed E-state index contributed by atoms with van der Waals surface area (Å²) in [6, 6.07) is 13.9. The van der Waals surface area contributed by atoms with Gasteiger partial charge in [-0.05, 0) is 68.3 Å². The van der Waals surface area contributed by atoms with Crippen LogP contribution in [0.2, 0.25) is 0 Å². The van der Waals surface area contributed by atoms with Crippen LogP contribution in [0.25, 0.3) is 22.3 Å². The summed E-state index contributed by atoms with van der Waals surface area (Å²) < 4.78 is 21.9. The van der Waals surface area contributed by atoms with Crippen molar-refractivity contribution in [2.75, 3.05) is 21.3 Å². The summed E-state index contributed by atoms with van der Waals surface area (Å²) in [7, 11) is 4.61. The van der Waals surface area contributed by atoms with Crippen LogP contribution in [0, 0.1) is 13.8 Å². The third-order valence-electron chi connectivity index (χ3n) is 5.92. The molecule has 2 N–H and O–H groups in total. The molecule has 1 heterocycles. The van der Waals surface area contributed by atoms with Gasteiger partial charge in [-0.15, -0.1) is 0 Å². The van der Waals surface area contributed by atoms with Crippen molar-refractivity contribution >= 4 is 16.8 Å². The van der Waals surface area contributed by atoms with E-state index in [1.807, 2.05) is 26.0 Å². The molecule has 0 radical (unpaired) electrons. The SMILES string of the molecule is COc1ccc(C(=O)NC(C)Oc2c(C)cc(-c3nc4cc(OC)cc(OC)c4c(=O)[nH]3)cc2C)cc1. The molecule has 3 aromatic carbocycles. The summed E-state index contributed by atoms with van der Waals surface area (Å²) >= 11 is 0. The van der Waals surface area contributed by atoms with Crippen LogP contribution in [0.1, 0.15) is 28.4 Å². The molecule has 37 heavy (non-hydrogen) atoms. The van der Waals surface area contributed by atoms with E-state index in [0.717, 1.165) is 16.7 Å². The van der Waals surface area contributed by atoms with E-state index in [2.05, 4.69) is 15.3 Å². The van der Waals surface area contributed by atoms with Gasteiger partial charge in [0.2, 0.25) is 0 Å². The Morgan fingerprint density at radius 1 is 0.919 bits per heavy atom. The monoisotopic (exact) mass is 503 g/mol. The molecular formula is C28H29N3O6. The maximum absolute atomic E-state index is 12.9. The van der Waals surface area contributed by atoms with Crippen molar-refractivity contribution < 1.29 is 23.7 Å². The second-order valence-corrected chi connectivity index (χ2v) is 8.54. The molecule has 9 heteroatoms. The molecule has 0 saturated carbocycles. The first-order valence-electron chi connectivity index (χ1n) is 11.6. The number of benzene rings is 3. The number of amides is 1. The molecule has 1 amide bonds. The lowest BCUT2D eigenvalue weighted by atomic mass is 10.0. The Kier molecular flexibility index (Phi) is 7.33. The van der Waals surface area contributed by atoms with E-state index >= 15 is 0 Å². The molecular weight excluding hydrogens is 474 g/mol. The quantitative estimate of drug-likeness (QED) is 0.343. The van der Waals surface area contributed by atoms with E-state index < -0.39 is 6.23 Å². The third-order valence-corrected chi connectivity index (χ3v) is 5.92. The number of aromatic amines is 1. The van der Waals surface area contributed by atoms with Gasteiger partial charge in [-0.3, -0.25) is 9.59 Å². The molecule has 1 unspecified atom stereocenters. The topological polar surface area (TPSA) is 112 Å². The zero-order chi connectivity index (χ0) is 26.7. The number of aryl methyl sites for hydroxylation is 2. The molecule has 0 saturated heterocycles. The van der Waals surface area contributed by atoms with Gasteiger partial charge in [0.1, 0.15) is 34.2 Å². The van der Waals surface area contributed by atoms with Gasteiger partial charge in [-0.25, -0.2) is 4.98 Å². The van der Waals surface area contributed by atoms with Crippen LogP contribution in [0.15, 0.2) is 53.3 Å². The first-order chi connectivity index (χ1) is 17.7. The van der Waals surface area contributed by atoms with Crippen molar-refractivity contribution in [3.05, 3.63) is 75.6 Å². The standard InChI is InChI=1S/C28H29N3O6/c1-15-11-19(26-30-22-13-21(35-5)14-23(36-6)24(22)28(33)31-26)12-16(2)25(15)37-17(3)29-27(32)18-7-9-20(34-4)10-8-18/h7-14,17H,1-6H3,(H,29,32)(H,30,31,33). The first kappa shape index (κ1) is 25.6. The number of carbonyl (C=O) groups excluding carboxylic acids is 1. The smallest absolute Gasteiger partial charge is 0.262 e. The highest BCUT2D eigenvalue weighted by molar-refractivity contribution is 5.94. The molecule has 4 aromatic rings. The molecule has 192 valence electrons. The summed E-state index contributed by atoms with van der Waals surface area (Å²) in [6.45, 7) is 5.56. The lowest BCUT2D eigenvalue weighted by molar-refractivity contribution is 0.0849. The minimum Gasteiger partial charge on any atom is -0.497 e. The summed E-state index contributed by atoms with van der Waals surface area (Å²) in [6.07, 6.45) is -0.587. The van der Waals surface area contributed by atoms with Gasteiger partial charge < -0.3 is 29.2 Å². The summed E-state index contributed by atoms with van der Waals surface area (Å²) in [5, 5.41) is 3.20. The minimum absolute atomic E-state index is 0.258. The van der Waals surface area contributed by atoms with Crippen molar-refractivity contribution in [1.82, 2.24) is 15.3 Å². The maximum Gasteiger partial charge on any atom is 0.262 e. The van der Waals surface area contributed by atoms with Crippen molar-refractivity contribution in [3.63, 3.8) is 0 Å². The molecule has 4 rings (SSSR count). The number of ether oxygens (including phenoxy) is 4. The van der Waals surface area contributed by atoms with Gasteiger partial charge in [0.15, 0.2) is 6.23 Å². The number of methoxy groups -OCH3 is 3. The lowest BCUT2D eigenvalue weighted by Crippen LogP contribution is -2.37. The average Bonchev–Trinajstić information content (AvgIpc) is 2.89. The molecule has 0 fully saturated rings. The molecule has 0 aliphatic rings. The van der Waals surface area contributed by atoms with Gasteiger partial charge in [0, 0.05) is 23.3 Å². The van der Waals surface area contributed by atoms with E-state index in [0.29, 0.717) is 45.3 Å². The lowest BCUT2D eigenvalue weighted by Gasteiger charge is -2.20. The normalized spacial score (nSPS) is 11.6. The summed E-state index contributed by atoms with van der Waals surface area (Å²) in [4.78, 5) is 33.0. The summed E-state index contributed by atoms with van der Waals surface area (Å²) in [5.74, 6) is 2.38. The highest BCUT2D eigenvalue weighted by atomic mass is 16.5. The minimum atomic E-state index is -0.587. The number of H-pyrrole nitrogens is 1. The average molecular weight is 504 g/mol. The largest absolute Gasteiger partial charge is 0.497 e. The van der Waals surface area contributed by atoms with Crippen LogP contribution in [0.4, 0.5) is 0 Å². The predicted molar refractivity (Wildman–Crippen MR) is 141 cm³/mol. The Balaban J connectivity index is 1.59. The number of nitrogens with one attached hydrogen (secondary N) is 2. The van der Waals surface area contributed by atoms with Crippen LogP contribution < -0.4 is 29.8 Å². The van der Waals surface area contributed by atoms with Gasteiger partial charge in [-0.1, -0.05) is 0 Å². The zero-order valence-electron chi connectivity index (χ0n) is 21.6. The number of aromatic nitrogens is 2. The first-order valence-corrected chi connectivity index (χ1v) is 11.6. The van der Waals surface area contributed by atoms with Crippen LogP contribution >= 0.6 is 0 Å². The third kappa shape index (κ3) is 5.35. The van der Waals surface area contributed by atoms with Gasteiger partial charge in [0.05, 0.1) is 26.8 Å². The molecule has 9 nitrogen and oxygen atoms in total. The van der Waals surface area contributed by atoms with Crippen molar-refractivity contribution in [1.29, 1.82) is 0 Å². The zero-order valence-corrected chi connectivity index (χ0v) is 21.6. The van der Waals surface area contributed by atoms with E-state index in [1.165, 1.54) is 7.11 Å². The molecule has 0 aliphatic carbocycles. The Morgan fingerprint density at radius 3 is 2.16 bits per heavy atom. The van der Waals surface area contributed by atoms with Crippen LogP contribution in [-0.2, 0) is 0 Å². The number of rotatable bonds is 8. The van der Waals surface area contributed by atoms with Gasteiger partial charge >= 0.3 is 0 Å². The van der Waals surface area contributed by atoms with Crippen LogP contribution in [0.5, 0.6) is 23.0 Å². The molecule has 0 aliphatic heterocycles. The molecule has 0 bridgehead atoms. The van der Waals surface area contributed by atoms with Gasteiger partial charge in [0.25, 0.3) is 11.5 Å². The van der Waals surface area contributed by atoms with Crippen LogP contribution in [-0.4, -0.2) is 43.4 Å². The van der Waals surface area contributed by atoms with E-state index in [9.17, 15) is 9.59 Å². The Labute approximate surface area is 214 Å². The Bertz CT molecular complexity index is 1490. The number of hydrogen-bond donors (Lipinski definition) is 2. The van der Waals surface area contributed by atoms with E-state index in [1.54, 1.807) is 57.5 Å². The van der Waals surface area contributed by atoms with Crippen LogP contribution in [0.3, 0.4) is 0 Å². The van der Waals surface area contributed by atoms with E-state index in [4.69, 9.17) is 18.9 Å². The highest BCUT2D eigenvalue weighted by Crippen LogP contribution is 2.32. The maximum atomic E-state index is 12.9. The van der Waals surface area contributed by atoms with E-state index in [-0.39, 0.29) is 11.5 Å². The molecule has 1 atom stereocenters. The number of carbonyl (C=O) groups is 1. The predicted octanol–water partition coefficient (Wildman–Crippen LogP) is 4.39.